The van der Waals surface area contributed by atoms with Crippen LogP contribution in [0.25, 0.3) is 22.9 Å². The second-order valence-corrected chi connectivity index (χ2v) is 5.79. The third-order valence-corrected chi connectivity index (χ3v) is 4.19. The molecule has 0 bridgehead atoms. The first-order chi connectivity index (χ1) is 11.6. The van der Waals surface area contributed by atoms with Crippen LogP contribution in [0.2, 0.25) is 5.02 Å². The van der Waals surface area contributed by atoms with Crippen molar-refractivity contribution in [2.24, 2.45) is 7.05 Å². The van der Waals surface area contributed by atoms with Gasteiger partial charge in [0, 0.05) is 19.0 Å². The van der Waals surface area contributed by atoms with E-state index in [1.165, 1.54) is 22.8 Å². The number of fused-ring (bicyclic) bond motifs is 1. The molecule has 0 saturated heterocycles. The van der Waals surface area contributed by atoms with Crippen LogP contribution >= 0.6 is 11.6 Å². The molecule has 122 valence electrons. The van der Waals surface area contributed by atoms with Crippen LogP contribution in [0.1, 0.15) is 5.56 Å². The molecule has 0 spiro atoms. The molecule has 0 fully saturated rings. The van der Waals surface area contributed by atoms with Crippen LogP contribution in [0, 0.1) is 11.6 Å². The molecule has 3 heterocycles. The SMILES string of the molecule is Cn1c(-c2nc3c(cc2Cl)CCO3)nnc1-c1c(F)cccc1F. The van der Waals surface area contributed by atoms with Gasteiger partial charge < -0.3 is 9.30 Å². The summed E-state index contributed by atoms with van der Waals surface area (Å²) in [5.41, 5.74) is 1.04. The van der Waals surface area contributed by atoms with Crippen LogP contribution in [0.4, 0.5) is 8.78 Å². The highest BCUT2D eigenvalue weighted by atomic mass is 35.5. The Labute approximate surface area is 140 Å². The first-order valence-electron chi connectivity index (χ1n) is 7.22. The molecule has 8 heteroatoms. The summed E-state index contributed by atoms with van der Waals surface area (Å²) in [6, 6.07) is 5.40. The first-order valence-corrected chi connectivity index (χ1v) is 7.60. The van der Waals surface area contributed by atoms with Crippen molar-refractivity contribution in [1.82, 2.24) is 19.7 Å². The molecule has 2 aromatic heterocycles. The monoisotopic (exact) mass is 348 g/mol. The number of hydrogen-bond acceptors (Lipinski definition) is 4. The molecule has 1 aliphatic rings. The van der Waals surface area contributed by atoms with Crippen molar-refractivity contribution in [2.75, 3.05) is 6.61 Å². The minimum absolute atomic E-state index is 0.0554. The Kier molecular flexibility index (Phi) is 3.45. The highest BCUT2D eigenvalue weighted by molar-refractivity contribution is 6.33. The second-order valence-electron chi connectivity index (χ2n) is 5.38. The fourth-order valence-electron chi connectivity index (χ4n) is 2.69. The number of nitrogens with zero attached hydrogens (tertiary/aromatic N) is 4. The van der Waals surface area contributed by atoms with Crippen molar-refractivity contribution < 1.29 is 13.5 Å². The number of benzene rings is 1. The predicted octanol–water partition coefficient (Wildman–Crippen LogP) is 3.41. The van der Waals surface area contributed by atoms with Gasteiger partial charge in [-0.2, -0.15) is 0 Å². The van der Waals surface area contributed by atoms with Crippen LogP contribution in [0.15, 0.2) is 24.3 Å². The van der Waals surface area contributed by atoms with E-state index in [0.29, 0.717) is 29.0 Å². The number of aromatic nitrogens is 4. The molecular formula is C16H11ClF2N4O. The van der Waals surface area contributed by atoms with E-state index in [1.807, 2.05) is 0 Å². The van der Waals surface area contributed by atoms with E-state index in [9.17, 15) is 8.78 Å². The van der Waals surface area contributed by atoms with Crippen molar-refractivity contribution >= 4 is 11.6 Å². The van der Waals surface area contributed by atoms with Gasteiger partial charge in [-0.05, 0) is 18.2 Å². The Hall–Kier alpha value is -2.54. The molecule has 0 saturated carbocycles. The molecule has 5 nitrogen and oxygen atoms in total. The zero-order valence-electron chi connectivity index (χ0n) is 12.6. The Morgan fingerprint density at radius 3 is 2.62 bits per heavy atom. The minimum Gasteiger partial charge on any atom is -0.477 e. The number of halogens is 3. The Morgan fingerprint density at radius 2 is 1.88 bits per heavy atom. The van der Waals surface area contributed by atoms with Crippen molar-refractivity contribution in [3.63, 3.8) is 0 Å². The quantitative estimate of drug-likeness (QED) is 0.712. The van der Waals surface area contributed by atoms with E-state index in [1.54, 1.807) is 13.1 Å². The van der Waals surface area contributed by atoms with E-state index in [-0.39, 0.29) is 11.4 Å². The third kappa shape index (κ3) is 2.24. The molecule has 0 N–H and O–H groups in total. The molecule has 0 radical (unpaired) electrons. The van der Waals surface area contributed by atoms with E-state index in [2.05, 4.69) is 15.2 Å². The van der Waals surface area contributed by atoms with Crippen LogP contribution in [0.5, 0.6) is 5.88 Å². The summed E-state index contributed by atoms with van der Waals surface area (Å²) in [5.74, 6) is -0.575. The van der Waals surface area contributed by atoms with Crippen LogP contribution < -0.4 is 4.74 Å². The molecule has 0 amide bonds. The largest absolute Gasteiger partial charge is 0.477 e. The van der Waals surface area contributed by atoms with E-state index >= 15 is 0 Å². The molecule has 0 aliphatic carbocycles. The maximum absolute atomic E-state index is 14.0. The lowest BCUT2D eigenvalue weighted by Crippen LogP contribution is -2.01. The zero-order chi connectivity index (χ0) is 16.8. The number of hydrogen-bond donors (Lipinski definition) is 0. The lowest BCUT2D eigenvalue weighted by Gasteiger charge is -2.08. The summed E-state index contributed by atoms with van der Waals surface area (Å²) in [6.07, 6.45) is 0.743. The molecule has 0 atom stereocenters. The maximum atomic E-state index is 14.0. The molecule has 4 rings (SSSR count). The van der Waals surface area contributed by atoms with Crippen molar-refractivity contribution in [3.05, 3.63) is 46.5 Å². The van der Waals surface area contributed by atoms with Gasteiger partial charge in [-0.25, -0.2) is 13.8 Å². The second kappa shape index (κ2) is 5.52. The van der Waals surface area contributed by atoms with Gasteiger partial charge in [0.05, 0.1) is 17.2 Å². The smallest absolute Gasteiger partial charge is 0.217 e. The summed E-state index contributed by atoms with van der Waals surface area (Å²) in [7, 11) is 1.60. The van der Waals surface area contributed by atoms with E-state index < -0.39 is 11.6 Å². The van der Waals surface area contributed by atoms with Gasteiger partial charge in [-0.3, -0.25) is 0 Å². The Bertz CT molecular complexity index is 937. The van der Waals surface area contributed by atoms with E-state index in [4.69, 9.17) is 16.3 Å². The van der Waals surface area contributed by atoms with Gasteiger partial charge in [0.25, 0.3) is 0 Å². The summed E-state index contributed by atoms with van der Waals surface area (Å²) < 4.78 is 34.9. The molecule has 0 unspecified atom stereocenters. The van der Waals surface area contributed by atoms with Gasteiger partial charge in [-0.15, -0.1) is 10.2 Å². The van der Waals surface area contributed by atoms with Crippen LogP contribution in [-0.2, 0) is 13.5 Å². The maximum Gasteiger partial charge on any atom is 0.217 e. The van der Waals surface area contributed by atoms with Gasteiger partial charge in [0.15, 0.2) is 11.6 Å². The summed E-state index contributed by atoms with van der Waals surface area (Å²) in [4.78, 5) is 4.37. The topological polar surface area (TPSA) is 52.8 Å². The van der Waals surface area contributed by atoms with Crippen molar-refractivity contribution in [2.45, 2.75) is 6.42 Å². The van der Waals surface area contributed by atoms with E-state index in [0.717, 1.165) is 12.0 Å². The average molecular weight is 349 g/mol. The molecular weight excluding hydrogens is 338 g/mol. The third-order valence-electron chi connectivity index (χ3n) is 3.90. The molecule has 1 aliphatic heterocycles. The number of ether oxygens (including phenoxy) is 1. The lowest BCUT2D eigenvalue weighted by molar-refractivity contribution is 0.345. The average Bonchev–Trinajstić information content (AvgIpc) is 3.13. The van der Waals surface area contributed by atoms with Crippen molar-refractivity contribution in [3.8, 4) is 28.8 Å². The Balaban J connectivity index is 1.87. The summed E-state index contributed by atoms with van der Waals surface area (Å²) >= 11 is 6.28. The molecule has 1 aromatic carbocycles. The number of pyridine rings is 1. The first kappa shape index (κ1) is 15.0. The molecule has 3 aromatic rings. The van der Waals surface area contributed by atoms with Gasteiger partial charge >= 0.3 is 0 Å². The summed E-state index contributed by atoms with van der Waals surface area (Å²) in [6.45, 7) is 0.548. The fourth-order valence-corrected chi connectivity index (χ4v) is 2.95. The lowest BCUT2D eigenvalue weighted by atomic mass is 10.2. The van der Waals surface area contributed by atoms with Gasteiger partial charge in [-0.1, -0.05) is 17.7 Å². The molecule has 24 heavy (non-hydrogen) atoms. The van der Waals surface area contributed by atoms with Crippen molar-refractivity contribution in [1.29, 1.82) is 0 Å². The number of rotatable bonds is 2. The zero-order valence-corrected chi connectivity index (χ0v) is 13.3. The van der Waals surface area contributed by atoms with Crippen LogP contribution in [-0.4, -0.2) is 26.4 Å². The highest BCUT2D eigenvalue weighted by Gasteiger charge is 2.24. The highest BCUT2D eigenvalue weighted by Crippen LogP contribution is 2.34. The normalized spacial score (nSPS) is 13.0. The minimum atomic E-state index is -0.714. The van der Waals surface area contributed by atoms with Gasteiger partial charge in [0.2, 0.25) is 5.88 Å². The predicted molar refractivity (Wildman–Crippen MR) is 83.8 cm³/mol. The standard InChI is InChI=1S/C16H11ClF2N4O/c1-23-14(12-10(18)3-2-4-11(12)19)21-22-15(23)13-9(17)7-8-5-6-24-16(8)20-13/h2-4,7H,5-6H2,1H3. The summed E-state index contributed by atoms with van der Waals surface area (Å²) in [5, 5.41) is 8.30. The van der Waals surface area contributed by atoms with Gasteiger partial charge in [0.1, 0.15) is 17.3 Å². The fraction of sp³-hybridized carbons (Fsp3) is 0.188. The Morgan fingerprint density at radius 1 is 1.17 bits per heavy atom. The van der Waals surface area contributed by atoms with Crippen LogP contribution in [0.3, 0.4) is 0 Å².